The maximum absolute atomic E-state index is 13.5. The van der Waals surface area contributed by atoms with Gasteiger partial charge in [-0.05, 0) is 28.1 Å². The lowest BCUT2D eigenvalue weighted by Gasteiger charge is -2.03. The van der Waals surface area contributed by atoms with E-state index in [0.29, 0.717) is 9.50 Å². The van der Waals surface area contributed by atoms with E-state index in [1.807, 2.05) is 0 Å². The van der Waals surface area contributed by atoms with Crippen molar-refractivity contribution in [2.45, 2.75) is 0 Å². The number of hydrogen-bond donors (Lipinski definition) is 1. The first-order valence-electron chi connectivity index (χ1n) is 3.95. The third-order valence-corrected chi connectivity index (χ3v) is 3.19. The number of halogens is 3. The topological polar surface area (TPSA) is 52.0 Å². The number of rotatable bonds is 1. The van der Waals surface area contributed by atoms with Crippen molar-refractivity contribution in [2.24, 2.45) is 0 Å². The fourth-order valence-electron chi connectivity index (χ4n) is 1.16. The molecular formula is C9H5BrClFN2O. The van der Waals surface area contributed by atoms with E-state index in [1.165, 1.54) is 18.2 Å². The molecule has 0 amide bonds. The van der Waals surface area contributed by atoms with Crippen LogP contribution in [0.2, 0.25) is 5.02 Å². The van der Waals surface area contributed by atoms with Gasteiger partial charge in [-0.1, -0.05) is 16.8 Å². The van der Waals surface area contributed by atoms with Crippen LogP contribution in [-0.4, -0.2) is 5.16 Å². The maximum Gasteiger partial charge on any atom is 0.173 e. The molecule has 0 aliphatic heterocycles. The molecule has 0 atom stereocenters. The Kier molecular flexibility index (Phi) is 2.67. The Morgan fingerprint density at radius 1 is 1.47 bits per heavy atom. The molecule has 0 aliphatic carbocycles. The molecule has 2 N–H and O–H groups in total. The minimum absolute atomic E-state index is 0.191. The van der Waals surface area contributed by atoms with Crippen molar-refractivity contribution < 1.29 is 8.91 Å². The van der Waals surface area contributed by atoms with Crippen LogP contribution >= 0.6 is 27.5 Å². The summed E-state index contributed by atoms with van der Waals surface area (Å²) in [6.07, 6.45) is 0. The molecule has 0 saturated heterocycles. The van der Waals surface area contributed by atoms with Crippen LogP contribution in [0.5, 0.6) is 0 Å². The second-order valence-corrected chi connectivity index (χ2v) is 4.03. The number of hydrogen-bond acceptors (Lipinski definition) is 3. The van der Waals surface area contributed by atoms with E-state index in [-0.39, 0.29) is 17.1 Å². The van der Waals surface area contributed by atoms with Crippen LogP contribution in [0.25, 0.3) is 11.3 Å². The fourth-order valence-corrected chi connectivity index (χ4v) is 1.83. The van der Waals surface area contributed by atoms with Crippen molar-refractivity contribution in [3.8, 4) is 11.3 Å². The summed E-state index contributed by atoms with van der Waals surface area (Å²) in [5.41, 5.74) is 5.59. The molecular weight excluding hydrogens is 286 g/mol. The lowest BCUT2D eigenvalue weighted by molar-refractivity contribution is 0.433. The molecule has 2 rings (SSSR count). The Morgan fingerprint density at radius 3 is 2.80 bits per heavy atom. The van der Waals surface area contributed by atoms with E-state index in [2.05, 4.69) is 21.1 Å². The monoisotopic (exact) mass is 290 g/mol. The number of anilines is 1. The van der Waals surface area contributed by atoms with Gasteiger partial charge in [0.1, 0.15) is 5.82 Å². The molecule has 1 aromatic carbocycles. The SMILES string of the molecule is Nc1cc(-c2c(F)ccc(Cl)c2Br)on1. The van der Waals surface area contributed by atoms with Crippen LogP contribution in [0.4, 0.5) is 10.2 Å². The van der Waals surface area contributed by atoms with Gasteiger partial charge in [0.15, 0.2) is 11.6 Å². The van der Waals surface area contributed by atoms with E-state index in [0.717, 1.165) is 0 Å². The quantitative estimate of drug-likeness (QED) is 0.818. The number of aromatic nitrogens is 1. The second kappa shape index (κ2) is 3.83. The molecule has 0 saturated carbocycles. The zero-order valence-corrected chi connectivity index (χ0v) is 9.64. The van der Waals surface area contributed by atoms with Crippen molar-refractivity contribution in [1.29, 1.82) is 0 Å². The predicted octanol–water partition coefficient (Wildman–Crippen LogP) is 3.48. The third-order valence-electron chi connectivity index (χ3n) is 1.82. The van der Waals surface area contributed by atoms with Crippen molar-refractivity contribution in [3.63, 3.8) is 0 Å². The first-order chi connectivity index (χ1) is 7.09. The Balaban J connectivity index is 2.66. The minimum atomic E-state index is -0.456. The van der Waals surface area contributed by atoms with Gasteiger partial charge in [-0.3, -0.25) is 0 Å². The second-order valence-electron chi connectivity index (χ2n) is 2.83. The summed E-state index contributed by atoms with van der Waals surface area (Å²) in [5, 5.41) is 3.87. The van der Waals surface area contributed by atoms with Crippen molar-refractivity contribution in [3.05, 3.63) is 33.5 Å². The lowest BCUT2D eigenvalue weighted by atomic mass is 10.1. The lowest BCUT2D eigenvalue weighted by Crippen LogP contribution is -1.85. The van der Waals surface area contributed by atoms with E-state index < -0.39 is 5.82 Å². The van der Waals surface area contributed by atoms with Gasteiger partial charge in [-0.25, -0.2) is 4.39 Å². The summed E-state index contributed by atoms with van der Waals surface area (Å²) >= 11 is 9.01. The maximum atomic E-state index is 13.5. The van der Waals surface area contributed by atoms with Crippen LogP contribution in [0, 0.1) is 5.82 Å². The molecule has 3 nitrogen and oxygen atoms in total. The smallest absolute Gasteiger partial charge is 0.173 e. The van der Waals surface area contributed by atoms with Crippen LogP contribution in [-0.2, 0) is 0 Å². The van der Waals surface area contributed by atoms with Crippen molar-refractivity contribution in [2.75, 3.05) is 5.73 Å². The highest BCUT2D eigenvalue weighted by Gasteiger charge is 2.16. The van der Waals surface area contributed by atoms with Gasteiger partial charge in [0.05, 0.1) is 15.1 Å². The van der Waals surface area contributed by atoms with Gasteiger partial charge in [0.2, 0.25) is 0 Å². The Bertz CT molecular complexity index is 515. The highest BCUT2D eigenvalue weighted by molar-refractivity contribution is 9.10. The van der Waals surface area contributed by atoms with E-state index >= 15 is 0 Å². The first-order valence-corrected chi connectivity index (χ1v) is 5.12. The largest absolute Gasteiger partial charge is 0.381 e. The molecule has 0 unspecified atom stereocenters. The number of nitrogens with two attached hydrogens (primary N) is 1. The summed E-state index contributed by atoms with van der Waals surface area (Å²) in [4.78, 5) is 0. The molecule has 0 radical (unpaired) electrons. The van der Waals surface area contributed by atoms with Gasteiger partial charge in [-0.2, -0.15) is 0 Å². The molecule has 2 aromatic rings. The first kappa shape index (κ1) is 10.4. The molecule has 78 valence electrons. The Labute approximate surface area is 98.1 Å². The van der Waals surface area contributed by atoms with Gasteiger partial charge in [0.25, 0.3) is 0 Å². The Morgan fingerprint density at radius 2 is 2.20 bits per heavy atom. The van der Waals surface area contributed by atoms with Gasteiger partial charge in [0, 0.05) is 6.07 Å². The summed E-state index contributed by atoms with van der Waals surface area (Å²) in [7, 11) is 0. The minimum Gasteiger partial charge on any atom is -0.381 e. The van der Waals surface area contributed by atoms with Crippen LogP contribution < -0.4 is 5.73 Å². The van der Waals surface area contributed by atoms with Crippen LogP contribution in [0.3, 0.4) is 0 Å². The molecule has 1 heterocycles. The number of nitrogens with zero attached hydrogens (tertiary/aromatic N) is 1. The van der Waals surface area contributed by atoms with Crippen molar-refractivity contribution >= 4 is 33.3 Å². The standard InChI is InChI=1S/C9H5BrClFN2O/c10-9-4(11)1-2-5(12)8(9)6-3-7(13)14-15-6/h1-3H,(H2,13,14). The molecule has 1 aromatic heterocycles. The normalized spacial score (nSPS) is 10.6. The average Bonchev–Trinajstić information content (AvgIpc) is 2.59. The number of benzene rings is 1. The molecule has 0 fully saturated rings. The Hall–Kier alpha value is -1.07. The third kappa shape index (κ3) is 1.85. The summed E-state index contributed by atoms with van der Waals surface area (Å²) < 4.78 is 18.8. The van der Waals surface area contributed by atoms with Gasteiger partial charge >= 0.3 is 0 Å². The van der Waals surface area contributed by atoms with Crippen molar-refractivity contribution in [1.82, 2.24) is 5.16 Å². The molecule has 0 aliphatic rings. The zero-order valence-electron chi connectivity index (χ0n) is 7.30. The summed E-state index contributed by atoms with van der Waals surface area (Å²) in [5.74, 6) is -0.0296. The molecule has 6 heteroatoms. The molecule has 15 heavy (non-hydrogen) atoms. The van der Waals surface area contributed by atoms with E-state index in [9.17, 15) is 4.39 Å². The highest BCUT2D eigenvalue weighted by Crippen LogP contribution is 2.36. The molecule has 0 bridgehead atoms. The van der Waals surface area contributed by atoms with Crippen LogP contribution in [0.1, 0.15) is 0 Å². The average molecular weight is 292 g/mol. The van der Waals surface area contributed by atoms with Crippen LogP contribution in [0.15, 0.2) is 27.2 Å². The van der Waals surface area contributed by atoms with Gasteiger partial charge in [-0.15, -0.1) is 0 Å². The molecule has 0 spiro atoms. The van der Waals surface area contributed by atoms with Gasteiger partial charge < -0.3 is 10.3 Å². The van der Waals surface area contributed by atoms with E-state index in [1.54, 1.807) is 0 Å². The fraction of sp³-hybridized carbons (Fsp3) is 0. The zero-order chi connectivity index (χ0) is 11.0. The number of nitrogen functional groups attached to an aromatic ring is 1. The van der Waals surface area contributed by atoms with E-state index in [4.69, 9.17) is 21.9 Å². The summed E-state index contributed by atoms with van der Waals surface area (Å²) in [6, 6.07) is 4.13. The highest BCUT2D eigenvalue weighted by atomic mass is 79.9. The predicted molar refractivity (Wildman–Crippen MR) is 59.0 cm³/mol. The summed E-state index contributed by atoms with van der Waals surface area (Å²) in [6.45, 7) is 0.